The molecule has 0 heterocycles. The number of hydrogen-bond donors (Lipinski definition) is 2. The number of halogens is 1. The molecule has 0 aliphatic heterocycles. The summed E-state index contributed by atoms with van der Waals surface area (Å²) in [6.45, 7) is 0.408. The molecule has 0 fully saturated rings. The zero-order valence-corrected chi connectivity index (χ0v) is 10.1. The number of ether oxygens (including phenoxy) is 1. The van der Waals surface area contributed by atoms with Crippen molar-refractivity contribution < 1.29 is 9.53 Å². The first-order chi connectivity index (χ1) is 6.63. The van der Waals surface area contributed by atoms with Gasteiger partial charge in [0.2, 0.25) is 0 Å². The molecule has 1 N–H and O–H groups in total. The average Bonchev–Trinajstić information content (AvgIpc) is 2.15. The van der Waals surface area contributed by atoms with Crippen LogP contribution in [0.3, 0.4) is 0 Å². The SMILES string of the molecule is COc1ccc(Br)cc1CNC(=O)S. The molecule has 1 aromatic rings. The van der Waals surface area contributed by atoms with E-state index in [1.165, 1.54) is 0 Å². The Morgan fingerprint density at radius 3 is 2.93 bits per heavy atom. The summed E-state index contributed by atoms with van der Waals surface area (Å²) in [6.07, 6.45) is 0. The third kappa shape index (κ3) is 3.23. The Morgan fingerprint density at radius 1 is 1.64 bits per heavy atom. The van der Waals surface area contributed by atoms with E-state index in [1.54, 1.807) is 7.11 Å². The van der Waals surface area contributed by atoms with Gasteiger partial charge in [-0.2, -0.15) is 0 Å². The molecule has 5 heteroatoms. The molecule has 14 heavy (non-hydrogen) atoms. The van der Waals surface area contributed by atoms with Gasteiger partial charge >= 0.3 is 0 Å². The number of methoxy groups -OCH3 is 1. The molecule has 0 aromatic heterocycles. The van der Waals surface area contributed by atoms with Crippen LogP contribution < -0.4 is 10.1 Å². The average molecular weight is 276 g/mol. The van der Waals surface area contributed by atoms with E-state index in [4.69, 9.17) is 4.74 Å². The van der Waals surface area contributed by atoms with Crippen LogP contribution in [0.2, 0.25) is 0 Å². The number of carbonyl (C=O) groups excluding carboxylic acids is 1. The molecule has 0 radical (unpaired) electrons. The van der Waals surface area contributed by atoms with Gasteiger partial charge in [-0.25, -0.2) is 0 Å². The highest BCUT2D eigenvalue weighted by Crippen LogP contribution is 2.22. The Balaban J connectivity index is 2.82. The van der Waals surface area contributed by atoms with Crippen molar-refractivity contribution in [1.29, 1.82) is 0 Å². The highest BCUT2D eigenvalue weighted by atomic mass is 79.9. The smallest absolute Gasteiger partial charge is 0.276 e. The van der Waals surface area contributed by atoms with Gasteiger partial charge in [0.15, 0.2) is 0 Å². The molecule has 1 aromatic carbocycles. The van der Waals surface area contributed by atoms with Crippen molar-refractivity contribution in [2.45, 2.75) is 6.54 Å². The monoisotopic (exact) mass is 275 g/mol. The molecule has 0 bridgehead atoms. The molecule has 76 valence electrons. The largest absolute Gasteiger partial charge is 0.496 e. The number of hydrogen-bond acceptors (Lipinski definition) is 2. The van der Waals surface area contributed by atoms with Crippen LogP contribution in [0.1, 0.15) is 5.56 Å². The van der Waals surface area contributed by atoms with Crippen molar-refractivity contribution in [1.82, 2.24) is 5.32 Å². The topological polar surface area (TPSA) is 38.3 Å². The molecule has 0 unspecified atom stereocenters. The maximum absolute atomic E-state index is 10.6. The lowest BCUT2D eigenvalue weighted by molar-refractivity contribution is 0.260. The minimum atomic E-state index is -0.355. The van der Waals surface area contributed by atoms with Gasteiger partial charge in [-0.1, -0.05) is 28.6 Å². The normalized spacial score (nSPS) is 9.64. The van der Waals surface area contributed by atoms with E-state index >= 15 is 0 Å². The fourth-order valence-electron chi connectivity index (χ4n) is 1.06. The molecular weight excluding hydrogens is 266 g/mol. The van der Waals surface area contributed by atoms with Gasteiger partial charge in [0.1, 0.15) is 5.75 Å². The van der Waals surface area contributed by atoms with Crippen LogP contribution >= 0.6 is 28.6 Å². The van der Waals surface area contributed by atoms with E-state index < -0.39 is 0 Å². The van der Waals surface area contributed by atoms with Gasteiger partial charge in [0, 0.05) is 16.6 Å². The number of amides is 1. The molecule has 0 aliphatic carbocycles. The minimum Gasteiger partial charge on any atom is -0.496 e. The van der Waals surface area contributed by atoms with Crippen LogP contribution in [0.5, 0.6) is 5.75 Å². The summed E-state index contributed by atoms with van der Waals surface area (Å²) in [4.78, 5) is 10.6. The van der Waals surface area contributed by atoms with Gasteiger partial charge in [-0.15, -0.1) is 0 Å². The highest BCUT2D eigenvalue weighted by Gasteiger charge is 2.03. The van der Waals surface area contributed by atoms with Crippen LogP contribution in [0.15, 0.2) is 22.7 Å². The molecule has 0 aliphatic rings. The summed E-state index contributed by atoms with van der Waals surface area (Å²) in [6, 6.07) is 5.61. The Morgan fingerprint density at radius 2 is 2.36 bits per heavy atom. The Bertz CT molecular complexity index is 344. The zero-order chi connectivity index (χ0) is 10.6. The fourth-order valence-corrected chi connectivity index (χ4v) is 1.54. The lowest BCUT2D eigenvalue weighted by Gasteiger charge is -2.08. The van der Waals surface area contributed by atoms with E-state index in [9.17, 15) is 4.79 Å². The van der Waals surface area contributed by atoms with Crippen LogP contribution in [-0.2, 0) is 6.54 Å². The van der Waals surface area contributed by atoms with Crippen molar-refractivity contribution in [3.8, 4) is 5.75 Å². The molecule has 0 saturated heterocycles. The summed E-state index contributed by atoms with van der Waals surface area (Å²) < 4.78 is 6.08. The van der Waals surface area contributed by atoms with Crippen molar-refractivity contribution in [3.05, 3.63) is 28.2 Å². The standard InChI is InChI=1S/C9H10BrNO2S/c1-13-8-3-2-7(10)4-6(8)5-11-9(12)14/h2-4H,5H2,1H3,(H2,11,12,14). The number of benzene rings is 1. The third-order valence-electron chi connectivity index (χ3n) is 1.67. The van der Waals surface area contributed by atoms with Crippen LogP contribution in [0.25, 0.3) is 0 Å². The predicted octanol–water partition coefficient (Wildman–Crippen LogP) is 2.60. The summed E-state index contributed by atoms with van der Waals surface area (Å²) in [7, 11) is 1.59. The fraction of sp³-hybridized carbons (Fsp3) is 0.222. The van der Waals surface area contributed by atoms with E-state index in [1.807, 2.05) is 18.2 Å². The van der Waals surface area contributed by atoms with E-state index in [-0.39, 0.29) is 5.24 Å². The molecule has 0 atom stereocenters. The Kier molecular flexibility index (Phi) is 4.28. The first-order valence-corrected chi connectivity index (χ1v) is 5.16. The summed E-state index contributed by atoms with van der Waals surface area (Å²) >= 11 is 6.96. The maximum atomic E-state index is 10.6. The Hall–Kier alpha value is -0.680. The number of thiol groups is 1. The van der Waals surface area contributed by atoms with E-state index in [0.717, 1.165) is 15.8 Å². The Labute approximate surface area is 96.4 Å². The van der Waals surface area contributed by atoms with Crippen molar-refractivity contribution in [3.63, 3.8) is 0 Å². The van der Waals surface area contributed by atoms with E-state index in [2.05, 4.69) is 33.9 Å². The molecule has 1 rings (SSSR count). The molecular formula is C9H10BrNO2S. The highest BCUT2D eigenvalue weighted by molar-refractivity contribution is 9.10. The van der Waals surface area contributed by atoms with Gasteiger partial charge in [-0.05, 0) is 18.2 Å². The maximum Gasteiger partial charge on any atom is 0.276 e. The second-order valence-corrected chi connectivity index (χ2v) is 3.94. The number of rotatable bonds is 3. The number of carbonyl (C=O) groups is 1. The molecule has 0 saturated carbocycles. The molecule has 1 amide bonds. The van der Waals surface area contributed by atoms with Crippen LogP contribution in [-0.4, -0.2) is 12.3 Å². The lowest BCUT2D eigenvalue weighted by atomic mass is 10.2. The van der Waals surface area contributed by atoms with Crippen LogP contribution in [0.4, 0.5) is 4.79 Å². The van der Waals surface area contributed by atoms with Crippen molar-refractivity contribution in [2.75, 3.05) is 7.11 Å². The zero-order valence-electron chi connectivity index (χ0n) is 7.58. The van der Waals surface area contributed by atoms with Gasteiger partial charge in [0.25, 0.3) is 5.24 Å². The predicted molar refractivity (Wildman–Crippen MR) is 61.9 cm³/mol. The van der Waals surface area contributed by atoms with Gasteiger partial charge in [-0.3, -0.25) is 4.79 Å². The second-order valence-electron chi connectivity index (χ2n) is 2.61. The van der Waals surface area contributed by atoms with Crippen molar-refractivity contribution >= 4 is 33.8 Å². The summed E-state index contributed by atoms with van der Waals surface area (Å²) in [5.74, 6) is 0.746. The lowest BCUT2D eigenvalue weighted by Crippen LogP contribution is -2.16. The van der Waals surface area contributed by atoms with Crippen LogP contribution in [0, 0.1) is 0 Å². The van der Waals surface area contributed by atoms with Gasteiger partial charge < -0.3 is 10.1 Å². The first kappa shape index (κ1) is 11.4. The minimum absolute atomic E-state index is 0.355. The molecule has 0 spiro atoms. The number of nitrogens with one attached hydrogen (secondary N) is 1. The second kappa shape index (κ2) is 5.26. The molecule has 3 nitrogen and oxygen atoms in total. The van der Waals surface area contributed by atoms with Gasteiger partial charge in [0.05, 0.1) is 7.11 Å². The van der Waals surface area contributed by atoms with Crippen molar-refractivity contribution in [2.24, 2.45) is 0 Å². The quantitative estimate of drug-likeness (QED) is 0.833. The summed E-state index contributed by atoms with van der Waals surface area (Å²) in [5.41, 5.74) is 0.907. The van der Waals surface area contributed by atoms with E-state index in [0.29, 0.717) is 6.54 Å². The first-order valence-electron chi connectivity index (χ1n) is 3.92. The third-order valence-corrected chi connectivity index (χ3v) is 2.32. The summed E-state index contributed by atoms with van der Waals surface area (Å²) in [5, 5.41) is 2.23.